The van der Waals surface area contributed by atoms with Gasteiger partial charge in [-0.3, -0.25) is 4.79 Å². The van der Waals surface area contributed by atoms with E-state index in [1.807, 2.05) is 0 Å². The number of halogens is 2. The molecular weight excluding hydrogens is 432 g/mol. The topological polar surface area (TPSA) is 71.1 Å². The van der Waals surface area contributed by atoms with E-state index in [4.69, 9.17) is 9.47 Å². The van der Waals surface area contributed by atoms with Gasteiger partial charge >= 0.3 is 6.03 Å². The van der Waals surface area contributed by atoms with E-state index in [1.54, 1.807) is 41.3 Å². The molecule has 1 fully saturated rings. The summed E-state index contributed by atoms with van der Waals surface area (Å²) in [6.07, 6.45) is 0.799. The third kappa shape index (κ3) is 4.78. The number of nitrogens with zero attached hydrogens (tertiary/aromatic N) is 2. The van der Waals surface area contributed by atoms with Crippen LogP contribution in [-0.4, -0.2) is 55.7 Å². The minimum Gasteiger partial charge on any atom is -0.488 e. The number of ketones is 1. The highest BCUT2D eigenvalue weighted by Crippen LogP contribution is 2.43. The number of rotatable bonds is 6. The Kier molecular flexibility index (Phi) is 6.78. The first-order chi connectivity index (χ1) is 15.9. The number of Topliss-reactive ketones (excluding diaryl/α,β-unsaturated/α-hetero) is 1. The monoisotopic (exact) mass is 459 g/mol. The van der Waals surface area contributed by atoms with Crippen LogP contribution >= 0.6 is 0 Å². The summed E-state index contributed by atoms with van der Waals surface area (Å²) in [7, 11) is 1.53. The van der Waals surface area contributed by atoms with Gasteiger partial charge in [0.15, 0.2) is 17.3 Å². The van der Waals surface area contributed by atoms with Crippen LogP contribution in [-0.2, 0) is 11.3 Å². The largest absolute Gasteiger partial charge is 0.488 e. The lowest BCUT2D eigenvalue weighted by Crippen LogP contribution is -2.57. The Morgan fingerprint density at radius 3 is 2.67 bits per heavy atom. The minimum absolute atomic E-state index is 0.0720. The lowest BCUT2D eigenvalue weighted by atomic mass is 9.78. The molecule has 0 atom stereocenters. The molecule has 2 amide bonds. The number of likely N-dealkylation sites (tertiary alicyclic amines) is 1. The predicted octanol–water partition coefficient (Wildman–Crippen LogP) is 3.87. The number of hydrogen-bond donors (Lipinski definition) is 1. The van der Waals surface area contributed by atoms with E-state index in [0.717, 1.165) is 5.12 Å². The van der Waals surface area contributed by atoms with Crippen molar-refractivity contribution in [1.29, 1.82) is 0 Å². The predicted molar refractivity (Wildman–Crippen MR) is 119 cm³/mol. The van der Waals surface area contributed by atoms with Crippen LogP contribution in [0.25, 0.3) is 0 Å². The van der Waals surface area contributed by atoms with Crippen molar-refractivity contribution in [2.75, 3.05) is 38.5 Å². The van der Waals surface area contributed by atoms with E-state index in [0.29, 0.717) is 49.4 Å². The third-order valence-electron chi connectivity index (χ3n) is 6.29. The Bertz CT molecular complexity index is 1020. The summed E-state index contributed by atoms with van der Waals surface area (Å²) in [6.45, 7) is 1.41. The van der Waals surface area contributed by atoms with Crippen molar-refractivity contribution in [3.63, 3.8) is 0 Å². The summed E-state index contributed by atoms with van der Waals surface area (Å²) < 4.78 is 39.4. The second kappa shape index (κ2) is 9.74. The van der Waals surface area contributed by atoms with Gasteiger partial charge in [-0.05, 0) is 42.7 Å². The number of piperidine rings is 1. The van der Waals surface area contributed by atoms with Gasteiger partial charge in [-0.2, -0.15) is 0 Å². The molecule has 1 spiro atoms. The van der Waals surface area contributed by atoms with Gasteiger partial charge < -0.3 is 19.7 Å². The molecule has 0 saturated carbocycles. The van der Waals surface area contributed by atoms with Crippen LogP contribution in [0.3, 0.4) is 0 Å². The maximum Gasteiger partial charge on any atom is 0.317 e. The molecule has 2 aromatic rings. The van der Waals surface area contributed by atoms with Crippen LogP contribution in [0.5, 0.6) is 5.75 Å². The summed E-state index contributed by atoms with van der Waals surface area (Å²) in [6, 6.07) is 10.8. The van der Waals surface area contributed by atoms with E-state index >= 15 is 4.48 Å². The molecule has 0 unspecified atom stereocenters. The van der Waals surface area contributed by atoms with Gasteiger partial charge in [-0.25, -0.2) is 14.3 Å². The Morgan fingerprint density at radius 2 is 1.91 bits per heavy atom. The van der Waals surface area contributed by atoms with Crippen LogP contribution in [0.1, 0.15) is 35.2 Å². The lowest BCUT2D eigenvalue weighted by molar-refractivity contribution is 0.0805. The summed E-state index contributed by atoms with van der Waals surface area (Å²) in [4.78, 5) is 26.9. The molecule has 0 radical (unpaired) electrons. The Hall–Kier alpha value is -3.20. The van der Waals surface area contributed by atoms with Crippen molar-refractivity contribution >= 4 is 17.5 Å². The number of carbonyl (C=O) groups is 2. The standard InChI is InChI=1S/C24H27F2N3O4/c1-32-12-13-33-22-14-17(6-7-19(22)25)16-27-23(31)28-10-8-24(9-11-28)15-21(30)18-4-2-3-5-20(18)29(24)26/h2-7,14H,8-13,15-16H2,1H3,(H,27,31). The molecule has 1 N–H and O–H groups in total. The van der Waals surface area contributed by atoms with Crippen LogP contribution in [0.4, 0.5) is 19.4 Å². The Labute approximate surface area is 191 Å². The first-order valence-corrected chi connectivity index (χ1v) is 10.9. The van der Waals surface area contributed by atoms with E-state index in [1.165, 1.54) is 13.2 Å². The van der Waals surface area contributed by atoms with Gasteiger partial charge in [0.25, 0.3) is 0 Å². The Morgan fingerprint density at radius 1 is 1.15 bits per heavy atom. The average Bonchev–Trinajstić information content (AvgIpc) is 2.83. The number of carbonyl (C=O) groups excluding carboxylic acids is 2. The molecule has 0 bridgehead atoms. The fourth-order valence-corrected chi connectivity index (χ4v) is 4.39. The van der Waals surface area contributed by atoms with Crippen molar-refractivity contribution in [3.8, 4) is 5.75 Å². The third-order valence-corrected chi connectivity index (χ3v) is 6.29. The van der Waals surface area contributed by atoms with Gasteiger partial charge in [0.2, 0.25) is 0 Å². The highest BCUT2D eigenvalue weighted by Gasteiger charge is 2.47. The maximum atomic E-state index is 15.3. The van der Waals surface area contributed by atoms with Crippen LogP contribution in [0.2, 0.25) is 0 Å². The number of fused-ring (bicyclic) bond motifs is 1. The zero-order valence-corrected chi connectivity index (χ0v) is 18.5. The van der Waals surface area contributed by atoms with Crippen LogP contribution in [0, 0.1) is 5.82 Å². The van der Waals surface area contributed by atoms with Crippen LogP contribution < -0.4 is 15.2 Å². The van der Waals surface area contributed by atoms with E-state index in [2.05, 4.69) is 5.32 Å². The molecule has 33 heavy (non-hydrogen) atoms. The fraction of sp³-hybridized carbons (Fsp3) is 0.417. The highest BCUT2D eigenvalue weighted by atomic mass is 19.2. The quantitative estimate of drug-likeness (QED) is 0.525. The summed E-state index contributed by atoms with van der Waals surface area (Å²) in [5, 5.41) is 3.54. The average molecular weight is 459 g/mol. The van der Waals surface area contributed by atoms with Crippen LogP contribution in [0.15, 0.2) is 42.5 Å². The van der Waals surface area contributed by atoms with Gasteiger partial charge in [0, 0.05) is 38.7 Å². The van der Waals surface area contributed by atoms with Crippen molar-refractivity contribution < 1.29 is 27.9 Å². The molecule has 4 rings (SSSR count). The van der Waals surface area contributed by atoms with Gasteiger partial charge in [0.05, 0.1) is 17.8 Å². The van der Waals surface area contributed by atoms with Gasteiger partial charge in [-0.1, -0.05) is 22.7 Å². The van der Waals surface area contributed by atoms with Crippen molar-refractivity contribution in [2.45, 2.75) is 31.3 Å². The number of methoxy groups -OCH3 is 1. The number of benzene rings is 2. The van der Waals surface area contributed by atoms with Crippen molar-refractivity contribution in [3.05, 3.63) is 59.4 Å². The molecule has 7 nitrogen and oxygen atoms in total. The molecule has 2 heterocycles. The van der Waals surface area contributed by atoms with E-state index < -0.39 is 11.4 Å². The molecule has 2 aliphatic rings. The normalized spacial score (nSPS) is 17.1. The number of ether oxygens (including phenoxy) is 2. The summed E-state index contributed by atoms with van der Waals surface area (Å²) in [5.41, 5.74) is 0.463. The smallest absolute Gasteiger partial charge is 0.317 e. The van der Waals surface area contributed by atoms with Gasteiger partial charge in [-0.15, -0.1) is 0 Å². The number of nitrogens with one attached hydrogen (secondary N) is 1. The lowest BCUT2D eigenvalue weighted by Gasteiger charge is -2.47. The second-order valence-corrected chi connectivity index (χ2v) is 8.37. The zero-order valence-electron chi connectivity index (χ0n) is 18.5. The minimum atomic E-state index is -0.923. The fourth-order valence-electron chi connectivity index (χ4n) is 4.39. The number of anilines is 1. The SMILES string of the molecule is COCCOc1cc(CNC(=O)N2CCC3(CC2)CC(=O)c2ccccc2N3F)ccc1F. The van der Waals surface area contributed by atoms with E-state index in [-0.39, 0.29) is 37.1 Å². The van der Waals surface area contributed by atoms with Crippen molar-refractivity contribution in [2.24, 2.45) is 0 Å². The summed E-state index contributed by atoms with van der Waals surface area (Å²) in [5.74, 6) is -0.455. The zero-order chi connectivity index (χ0) is 23.4. The van der Waals surface area contributed by atoms with E-state index in [9.17, 15) is 14.0 Å². The molecular formula is C24H27F2N3O4. The molecule has 2 aliphatic heterocycles. The molecule has 176 valence electrons. The van der Waals surface area contributed by atoms with Crippen molar-refractivity contribution in [1.82, 2.24) is 10.2 Å². The number of urea groups is 1. The van der Waals surface area contributed by atoms with Gasteiger partial charge in [0.1, 0.15) is 6.61 Å². The molecule has 9 heteroatoms. The second-order valence-electron chi connectivity index (χ2n) is 8.37. The molecule has 0 aromatic heterocycles. The number of hydrogen-bond acceptors (Lipinski definition) is 5. The first-order valence-electron chi connectivity index (χ1n) is 10.9. The highest BCUT2D eigenvalue weighted by molar-refractivity contribution is 6.04. The summed E-state index contributed by atoms with van der Waals surface area (Å²) >= 11 is 0. The number of amides is 2. The first kappa shape index (κ1) is 23.0. The molecule has 2 aromatic carbocycles. The maximum absolute atomic E-state index is 15.3. The molecule has 0 aliphatic carbocycles. The molecule has 1 saturated heterocycles. The number of para-hydroxylation sites is 1. The Balaban J connectivity index is 1.33.